The summed E-state index contributed by atoms with van der Waals surface area (Å²) in [5.74, 6) is 0. The Morgan fingerprint density at radius 2 is 1.95 bits per heavy atom. The first-order valence-electron chi connectivity index (χ1n) is 6.40. The number of hydrogen-bond acceptors (Lipinski definition) is 3. The van der Waals surface area contributed by atoms with Crippen molar-refractivity contribution >= 4 is 32.6 Å². The average molecular weight is 411 g/mol. The molecule has 0 bridgehead atoms. The molecule has 1 saturated heterocycles. The largest absolute Gasteiger partial charge is 0.379 e. The van der Waals surface area contributed by atoms with E-state index in [1.165, 1.54) is 0 Å². The molecule has 1 atom stereocenters. The van der Waals surface area contributed by atoms with Crippen LogP contribution in [0.4, 0.5) is 8.78 Å². The third-order valence-corrected chi connectivity index (χ3v) is 6.05. The number of sulfonamides is 1. The molecule has 0 saturated carbocycles. The molecule has 0 aromatic carbocycles. The minimum atomic E-state index is -4.57. The van der Waals surface area contributed by atoms with Crippen LogP contribution in [0, 0.1) is 0 Å². The molecule has 0 aromatic heterocycles. The van der Waals surface area contributed by atoms with E-state index in [9.17, 15) is 17.2 Å². The minimum Gasteiger partial charge on any atom is -0.379 e. The lowest BCUT2D eigenvalue weighted by Crippen LogP contribution is -2.48. The molecule has 1 aliphatic heterocycles. The maximum Gasteiger partial charge on any atom is 0.360 e. The third-order valence-electron chi connectivity index (χ3n) is 3.02. The van der Waals surface area contributed by atoms with Crippen LogP contribution in [-0.2, 0) is 14.8 Å². The number of rotatable bonds is 7. The molecule has 0 aliphatic carbocycles. The Morgan fingerprint density at radius 3 is 2.47 bits per heavy atom. The van der Waals surface area contributed by atoms with Gasteiger partial charge < -0.3 is 4.74 Å². The average Bonchev–Trinajstić information content (AvgIpc) is 2.36. The molecule has 1 fully saturated rings. The maximum atomic E-state index is 14.0. The fourth-order valence-electron chi connectivity index (χ4n) is 1.87. The number of alkyl halides is 3. The van der Waals surface area contributed by atoms with Gasteiger partial charge in [0, 0.05) is 23.4 Å². The summed E-state index contributed by atoms with van der Waals surface area (Å²) in [7, 11) is -4.57. The van der Waals surface area contributed by atoms with E-state index in [2.05, 4.69) is 0 Å². The molecule has 1 heterocycles. The fraction of sp³-hybridized carbons (Fsp3) is 1.00. The third kappa shape index (κ3) is 4.75. The highest BCUT2D eigenvalue weighted by atomic mass is 127. The van der Waals surface area contributed by atoms with Crippen LogP contribution in [0.3, 0.4) is 0 Å². The summed E-state index contributed by atoms with van der Waals surface area (Å²) in [4.78, 5) is 0. The summed E-state index contributed by atoms with van der Waals surface area (Å²) >= 11 is 1.91. The van der Waals surface area contributed by atoms with Gasteiger partial charge in [0.2, 0.25) is 0 Å². The molecule has 8 heteroatoms. The molecular weight excluding hydrogens is 391 g/mol. The van der Waals surface area contributed by atoms with E-state index < -0.39 is 21.7 Å². The smallest absolute Gasteiger partial charge is 0.360 e. The molecule has 19 heavy (non-hydrogen) atoms. The highest BCUT2D eigenvalue weighted by molar-refractivity contribution is 14.1. The van der Waals surface area contributed by atoms with Crippen LogP contribution in [-0.4, -0.2) is 48.2 Å². The van der Waals surface area contributed by atoms with Crippen molar-refractivity contribution in [3.63, 3.8) is 0 Å². The van der Waals surface area contributed by atoms with Gasteiger partial charge in [0.1, 0.15) is 0 Å². The summed E-state index contributed by atoms with van der Waals surface area (Å²) in [6.07, 6.45) is 1.75. The molecule has 4 nitrogen and oxygen atoms in total. The lowest BCUT2D eigenvalue weighted by atomic mass is 10.1. The quantitative estimate of drug-likeness (QED) is 0.478. The van der Waals surface area contributed by atoms with Crippen molar-refractivity contribution in [2.45, 2.75) is 41.8 Å². The molecule has 0 amide bonds. The van der Waals surface area contributed by atoms with Gasteiger partial charge in [-0.2, -0.15) is 13.1 Å². The van der Waals surface area contributed by atoms with Crippen molar-refractivity contribution in [2.24, 2.45) is 0 Å². The number of morpholine rings is 1. The lowest BCUT2D eigenvalue weighted by Gasteiger charge is -2.30. The van der Waals surface area contributed by atoms with Gasteiger partial charge in [-0.05, 0) is 6.42 Å². The van der Waals surface area contributed by atoms with Gasteiger partial charge in [0.05, 0.1) is 13.2 Å². The van der Waals surface area contributed by atoms with Gasteiger partial charge in [-0.15, -0.1) is 0 Å². The van der Waals surface area contributed by atoms with E-state index in [0.29, 0.717) is 6.42 Å². The molecule has 0 spiro atoms. The molecule has 0 radical (unpaired) electrons. The zero-order valence-corrected chi connectivity index (χ0v) is 13.9. The van der Waals surface area contributed by atoms with E-state index >= 15 is 0 Å². The predicted octanol–water partition coefficient (Wildman–Crippen LogP) is 2.63. The Morgan fingerprint density at radius 1 is 1.37 bits per heavy atom. The van der Waals surface area contributed by atoms with Crippen LogP contribution in [0.5, 0.6) is 0 Å². The summed E-state index contributed by atoms with van der Waals surface area (Å²) in [5.41, 5.74) is 0. The van der Waals surface area contributed by atoms with Gasteiger partial charge in [-0.1, -0.05) is 42.4 Å². The molecule has 1 rings (SSSR count). The monoisotopic (exact) mass is 411 g/mol. The van der Waals surface area contributed by atoms with E-state index in [0.717, 1.165) is 17.1 Å². The number of nitrogens with zero attached hydrogens (tertiary/aromatic N) is 1. The Labute approximate surface area is 127 Å². The van der Waals surface area contributed by atoms with E-state index in [1.54, 1.807) is 0 Å². The predicted molar refractivity (Wildman–Crippen MR) is 78.2 cm³/mol. The highest BCUT2D eigenvalue weighted by Gasteiger charge is 2.49. The zero-order valence-electron chi connectivity index (χ0n) is 10.9. The molecule has 1 unspecified atom stereocenters. The maximum absolute atomic E-state index is 14.0. The van der Waals surface area contributed by atoms with Crippen LogP contribution in [0.2, 0.25) is 0 Å². The van der Waals surface area contributed by atoms with Crippen LogP contribution in [0.1, 0.15) is 32.6 Å². The fourth-order valence-corrected chi connectivity index (χ4v) is 4.58. The molecular formula is C11H20F2INO3S. The van der Waals surface area contributed by atoms with Gasteiger partial charge in [0.25, 0.3) is 10.0 Å². The Bertz CT molecular complexity index is 372. The molecule has 0 aromatic rings. The summed E-state index contributed by atoms with van der Waals surface area (Å²) in [6, 6.07) is 0. The highest BCUT2D eigenvalue weighted by Crippen LogP contribution is 2.34. The van der Waals surface area contributed by atoms with Crippen molar-refractivity contribution in [2.75, 3.05) is 26.3 Å². The van der Waals surface area contributed by atoms with Crippen LogP contribution >= 0.6 is 22.6 Å². The summed E-state index contributed by atoms with van der Waals surface area (Å²) < 4.78 is 57.4. The number of halogens is 3. The van der Waals surface area contributed by atoms with Gasteiger partial charge in [-0.25, -0.2) is 8.42 Å². The van der Waals surface area contributed by atoms with Gasteiger partial charge in [0.15, 0.2) is 0 Å². The summed E-state index contributed by atoms with van der Waals surface area (Å²) in [5, 5.41) is -3.69. The second kappa shape index (κ2) is 7.46. The first-order chi connectivity index (χ1) is 8.81. The molecule has 1 aliphatic rings. The topological polar surface area (TPSA) is 46.6 Å². The number of unbranched alkanes of at least 4 members (excludes halogenated alkanes) is 1. The van der Waals surface area contributed by atoms with Crippen molar-refractivity contribution in [1.82, 2.24) is 4.31 Å². The molecule has 0 N–H and O–H groups in total. The van der Waals surface area contributed by atoms with E-state index in [-0.39, 0.29) is 30.2 Å². The lowest BCUT2D eigenvalue weighted by molar-refractivity contribution is 0.0475. The standard InChI is InChI=1S/C11H20F2INO3S/c1-2-3-4-10(14)9-11(12,13)19(16,17)15-5-7-18-8-6-15/h10H,2-9H2,1H3. The zero-order chi connectivity index (χ0) is 14.5. The normalized spacial score (nSPS) is 20.4. The number of ether oxygens (including phenoxy) is 1. The Hall–Kier alpha value is 0.460. The van der Waals surface area contributed by atoms with Crippen LogP contribution < -0.4 is 0 Å². The Balaban J connectivity index is 2.68. The Kier molecular flexibility index (Phi) is 6.88. The number of hydrogen-bond donors (Lipinski definition) is 0. The van der Waals surface area contributed by atoms with Crippen LogP contribution in [0.25, 0.3) is 0 Å². The SMILES string of the molecule is CCCCC(I)CC(F)(F)S(=O)(=O)N1CCOCC1. The van der Waals surface area contributed by atoms with Crippen molar-refractivity contribution in [3.8, 4) is 0 Å². The van der Waals surface area contributed by atoms with Crippen molar-refractivity contribution < 1.29 is 21.9 Å². The van der Waals surface area contributed by atoms with Crippen molar-refractivity contribution in [3.05, 3.63) is 0 Å². The second-order valence-corrected chi connectivity index (χ2v) is 8.42. The van der Waals surface area contributed by atoms with E-state index in [1.807, 2.05) is 29.5 Å². The van der Waals surface area contributed by atoms with Gasteiger partial charge >= 0.3 is 5.25 Å². The summed E-state index contributed by atoms with van der Waals surface area (Å²) in [6.45, 7) is 2.36. The first kappa shape index (κ1) is 17.5. The van der Waals surface area contributed by atoms with Gasteiger partial charge in [-0.3, -0.25) is 0 Å². The van der Waals surface area contributed by atoms with E-state index in [4.69, 9.17) is 4.74 Å². The second-order valence-electron chi connectivity index (χ2n) is 4.60. The minimum absolute atomic E-state index is 0.0127. The molecule has 114 valence electrons. The van der Waals surface area contributed by atoms with Crippen molar-refractivity contribution in [1.29, 1.82) is 0 Å². The van der Waals surface area contributed by atoms with Crippen LogP contribution in [0.15, 0.2) is 0 Å². The first-order valence-corrected chi connectivity index (χ1v) is 9.09.